The van der Waals surface area contributed by atoms with Crippen LogP contribution in [0.5, 0.6) is 0 Å². The van der Waals surface area contributed by atoms with Crippen molar-refractivity contribution in [3.8, 4) is 0 Å². The molecule has 0 aromatic rings. The highest BCUT2D eigenvalue weighted by Crippen LogP contribution is 2.02. The minimum atomic E-state index is -0.752. The van der Waals surface area contributed by atoms with E-state index >= 15 is 0 Å². The van der Waals surface area contributed by atoms with Gasteiger partial charge in [-0.1, -0.05) is 0 Å². The molecule has 10 heavy (non-hydrogen) atoms. The summed E-state index contributed by atoms with van der Waals surface area (Å²) < 4.78 is 4.39. The Balaban J connectivity index is 4.08. The summed E-state index contributed by atoms with van der Waals surface area (Å²) in [6.45, 7) is 3.35. The predicted molar refractivity (Wildman–Crippen MR) is 38.3 cm³/mol. The zero-order valence-electron chi connectivity index (χ0n) is 6.55. The van der Waals surface area contributed by atoms with Crippen LogP contribution in [-0.4, -0.2) is 24.7 Å². The molecular weight excluding hydrogens is 132 g/mol. The maximum atomic E-state index is 10.7. The quantitative estimate of drug-likeness (QED) is 0.501. The van der Waals surface area contributed by atoms with Crippen LogP contribution in [0.15, 0.2) is 0 Å². The van der Waals surface area contributed by atoms with Gasteiger partial charge in [-0.15, -0.1) is 0 Å². The number of ether oxygens (including phenoxy) is 1. The average Bonchev–Trinajstić information content (AvgIpc) is 1.83. The van der Waals surface area contributed by atoms with Gasteiger partial charge in [0.25, 0.3) is 0 Å². The van der Waals surface area contributed by atoms with Crippen molar-refractivity contribution in [3.63, 3.8) is 0 Å². The molecule has 0 aliphatic carbocycles. The molecule has 4 nitrogen and oxygen atoms in total. The lowest BCUT2D eigenvalue weighted by Crippen LogP contribution is -2.55. The van der Waals surface area contributed by atoms with E-state index in [4.69, 9.17) is 11.5 Å². The summed E-state index contributed by atoms with van der Waals surface area (Å²) in [5, 5.41) is 0. The van der Waals surface area contributed by atoms with Gasteiger partial charge in [-0.25, -0.2) is 0 Å². The Morgan fingerprint density at radius 1 is 1.60 bits per heavy atom. The van der Waals surface area contributed by atoms with Crippen LogP contribution >= 0.6 is 0 Å². The van der Waals surface area contributed by atoms with Crippen molar-refractivity contribution in [2.24, 2.45) is 11.5 Å². The highest BCUT2D eigenvalue weighted by molar-refractivity contribution is 5.76. The van der Waals surface area contributed by atoms with Crippen LogP contribution in [0, 0.1) is 0 Å². The number of carbonyl (C=O) groups is 1. The Kier molecular flexibility index (Phi) is 2.80. The van der Waals surface area contributed by atoms with E-state index in [1.165, 1.54) is 7.11 Å². The maximum Gasteiger partial charge on any atom is 0.324 e. The van der Waals surface area contributed by atoms with Crippen molar-refractivity contribution in [3.05, 3.63) is 0 Å². The molecule has 0 rings (SSSR count). The lowest BCUT2D eigenvalue weighted by atomic mass is 9.97. The third kappa shape index (κ3) is 2.33. The fraction of sp³-hybridized carbons (Fsp3) is 0.833. The number of rotatable bonds is 2. The zero-order valence-corrected chi connectivity index (χ0v) is 6.55. The van der Waals surface area contributed by atoms with E-state index in [0.717, 1.165) is 0 Å². The number of hydrogen-bond acceptors (Lipinski definition) is 4. The normalized spacial score (nSPS) is 14.5. The van der Waals surface area contributed by atoms with Crippen LogP contribution in [0.4, 0.5) is 0 Å². The van der Waals surface area contributed by atoms with Gasteiger partial charge in [0, 0.05) is 5.54 Å². The number of hydrogen-bond donors (Lipinski definition) is 2. The molecule has 0 aliphatic heterocycles. The molecule has 1 atom stereocenters. The van der Waals surface area contributed by atoms with Gasteiger partial charge in [0.05, 0.1) is 7.11 Å². The van der Waals surface area contributed by atoms with Crippen molar-refractivity contribution < 1.29 is 9.53 Å². The first-order chi connectivity index (χ1) is 4.39. The highest BCUT2D eigenvalue weighted by Gasteiger charge is 2.28. The molecular formula is C6H14N2O2. The minimum Gasteiger partial charge on any atom is -0.468 e. The summed E-state index contributed by atoms with van der Waals surface area (Å²) in [4.78, 5) is 10.7. The van der Waals surface area contributed by atoms with E-state index in [-0.39, 0.29) is 0 Å². The molecule has 0 fully saturated rings. The van der Waals surface area contributed by atoms with E-state index < -0.39 is 17.6 Å². The maximum absolute atomic E-state index is 10.7. The Bertz CT molecular complexity index is 128. The first kappa shape index (κ1) is 9.39. The molecule has 0 heterocycles. The van der Waals surface area contributed by atoms with Crippen LogP contribution in [0.3, 0.4) is 0 Å². The summed E-state index contributed by atoms with van der Waals surface area (Å²) >= 11 is 0. The molecule has 0 amide bonds. The first-order valence-corrected chi connectivity index (χ1v) is 3.02. The van der Waals surface area contributed by atoms with Crippen LogP contribution in [0.2, 0.25) is 0 Å². The van der Waals surface area contributed by atoms with Crippen molar-refractivity contribution >= 4 is 5.97 Å². The molecule has 0 aromatic heterocycles. The van der Waals surface area contributed by atoms with Crippen molar-refractivity contribution in [2.45, 2.75) is 25.4 Å². The summed E-state index contributed by atoms with van der Waals surface area (Å²) in [6, 6.07) is -0.752. The lowest BCUT2D eigenvalue weighted by Gasteiger charge is -2.23. The summed E-state index contributed by atoms with van der Waals surface area (Å²) in [5.41, 5.74) is 10.2. The number of carbonyl (C=O) groups excluding carboxylic acids is 1. The molecule has 0 saturated carbocycles. The van der Waals surface area contributed by atoms with E-state index in [9.17, 15) is 4.79 Å². The number of nitrogens with two attached hydrogens (primary N) is 2. The molecule has 0 saturated heterocycles. The molecule has 0 radical (unpaired) electrons. The third-order valence-corrected chi connectivity index (χ3v) is 1.26. The van der Waals surface area contributed by atoms with Crippen LogP contribution in [0.25, 0.3) is 0 Å². The SMILES string of the molecule is COC(=O)[C@@H](N)C(C)(C)N. The van der Waals surface area contributed by atoms with Gasteiger partial charge in [0.1, 0.15) is 6.04 Å². The van der Waals surface area contributed by atoms with Crippen molar-refractivity contribution in [2.75, 3.05) is 7.11 Å². The average molecular weight is 146 g/mol. The minimum absolute atomic E-state index is 0.479. The van der Waals surface area contributed by atoms with Crippen molar-refractivity contribution in [1.29, 1.82) is 0 Å². The van der Waals surface area contributed by atoms with Crippen LogP contribution in [0.1, 0.15) is 13.8 Å². The molecule has 0 spiro atoms. The molecule has 60 valence electrons. The fourth-order valence-corrected chi connectivity index (χ4v) is 0.431. The van der Waals surface area contributed by atoms with Gasteiger partial charge in [-0.05, 0) is 13.8 Å². The highest BCUT2D eigenvalue weighted by atomic mass is 16.5. The Morgan fingerprint density at radius 2 is 2.00 bits per heavy atom. The van der Waals surface area contributed by atoms with E-state index in [1.54, 1.807) is 13.8 Å². The van der Waals surface area contributed by atoms with Gasteiger partial charge in [0.15, 0.2) is 0 Å². The lowest BCUT2D eigenvalue weighted by molar-refractivity contribution is -0.143. The van der Waals surface area contributed by atoms with Crippen molar-refractivity contribution in [1.82, 2.24) is 0 Å². The third-order valence-electron chi connectivity index (χ3n) is 1.26. The second-order valence-electron chi connectivity index (χ2n) is 2.82. The molecule has 0 unspecified atom stereocenters. The fourth-order valence-electron chi connectivity index (χ4n) is 0.431. The van der Waals surface area contributed by atoms with Gasteiger partial charge < -0.3 is 16.2 Å². The van der Waals surface area contributed by atoms with E-state index in [2.05, 4.69) is 4.74 Å². The first-order valence-electron chi connectivity index (χ1n) is 3.02. The van der Waals surface area contributed by atoms with Crippen LogP contribution in [-0.2, 0) is 9.53 Å². The molecule has 0 aliphatic rings. The summed E-state index contributed by atoms with van der Waals surface area (Å²) in [7, 11) is 1.29. The standard InChI is InChI=1S/C6H14N2O2/c1-6(2,8)4(7)5(9)10-3/h4H,7-8H2,1-3H3/t4-/m1/s1. The monoisotopic (exact) mass is 146 g/mol. The topological polar surface area (TPSA) is 78.3 Å². The Labute approximate surface area is 60.5 Å². The smallest absolute Gasteiger partial charge is 0.324 e. The summed E-state index contributed by atoms with van der Waals surface area (Å²) in [5.74, 6) is -0.479. The predicted octanol–water partition coefficient (Wildman–Crippen LogP) is -0.776. The molecule has 4 heteroatoms. The van der Waals surface area contributed by atoms with Gasteiger partial charge in [-0.3, -0.25) is 4.79 Å². The Morgan fingerprint density at radius 3 is 2.10 bits per heavy atom. The van der Waals surface area contributed by atoms with Crippen LogP contribution < -0.4 is 11.5 Å². The molecule has 0 bridgehead atoms. The second kappa shape index (κ2) is 2.98. The Hall–Kier alpha value is -0.610. The summed E-state index contributed by atoms with van der Waals surface area (Å²) in [6.07, 6.45) is 0. The number of methoxy groups -OCH3 is 1. The molecule has 0 aromatic carbocycles. The zero-order chi connectivity index (χ0) is 8.36. The van der Waals surface area contributed by atoms with Gasteiger partial charge in [0.2, 0.25) is 0 Å². The largest absolute Gasteiger partial charge is 0.468 e. The second-order valence-corrected chi connectivity index (χ2v) is 2.82. The van der Waals surface area contributed by atoms with E-state index in [1.807, 2.05) is 0 Å². The van der Waals surface area contributed by atoms with Gasteiger partial charge >= 0.3 is 5.97 Å². The van der Waals surface area contributed by atoms with Gasteiger partial charge in [-0.2, -0.15) is 0 Å². The number of esters is 1. The van der Waals surface area contributed by atoms with E-state index in [0.29, 0.717) is 0 Å². The molecule has 4 N–H and O–H groups in total.